The summed E-state index contributed by atoms with van der Waals surface area (Å²) in [4.78, 5) is 26.8. The number of hydrogen-bond donors (Lipinski definition) is 2. The number of nitrogens with zero attached hydrogens (tertiary/aromatic N) is 3. The summed E-state index contributed by atoms with van der Waals surface area (Å²) in [7, 11) is 0. The normalized spacial score (nSPS) is 16.9. The zero-order valence-electron chi connectivity index (χ0n) is 17.8. The summed E-state index contributed by atoms with van der Waals surface area (Å²) < 4.78 is 6.42. The van der Waals surface area contributed by atoms with Crippen LogP contribution in [0.5, 0.6) is 0 Å². The largest absolute Gasteiger partial charge is 0.462 e. The van der Waals surface area contributed by atoms with Crippen LogP contribution in [0.15, 0.2) is 30.5 Å². The Morgan fingerprint density at radius 1 is 1.27 bits per heavy atom. The van der Waals surface area contributed by atoms with E-state index in [2.05, 4.69) is 22.2 Å². The van der Waals surface area contributed by atoms with Gasteiger partial charge >= 0.3 is 5.97 Å². The highest BCUT2D eigenvalue weighted by molar-refractivity contribution is 5.95. The van der Waals surface area contributed by atoms with Gasteiger partial charge < -0.3 is 20.7 Å². The number of carbonyl (C=O) groups excluding carboxylic acids is 2. The van der Waals surface area contributed by atoms with Gasteiger partial charge in [0, 0.05) is 24.7 Å². The van der Waals surface area contributed by atoms with Crippen molar-refractivity contribution in [3.05, 3.63) is 41.6 Å². The number of nitrogens with two attached hydrogens (primary N) is 1. The molecule has 8 heteroatoms. The van der Waals surface area contributed by atoms with E-state index in [1.54, 1.807) is 31.2 Å². The van der Waals surface area contributed by atoms with E-state index in [1.165, 1.54) is 30.1 Å². The molecule has 1 atom stereocenters. The first kappa shape index (κ1) is 21.8. The number of benzene rings is 1. The standard InChI is InChI=1S/C22H31N5O3/c1-3-30-22(29)19-15-25-27(20(19)23)18-10-8-17(9-11-18)21(28)24-12-6-14-26-13-5-4-7-16(26)2/h8-11,15-16H,3-7,12-14,23H2,1-2H3,(H,24,28)/t16-/m1/s1. The second kappa shape index (κ2) is 10.2. The fourth-order valence-corrected chi connectivity index (χ4v) is 3.76. The van der Waals surface area contributed by atoms with Crippen molar-refractivity contribution in [3.8, 4) is 5.69 Å². The fourth-order valence-electron chi connectivity index (χ4n) is 3.76. The first-order valence-electron chi connectivity index (χ1n) is 10.6. The van der Waals surface area contributed by atoms with Gasteiger partial charge in [-0.1, -0.05) is 6.42 Å². The van der Waals surface area contributed by atoms with Crippen LogP contribution in [-0.2, 0) is 4.74 Å². The smallest absolute Gasteiger partial charge is 0.343 e. The minimum atomic E-state index is -0.504. The van der Waals surface area contributed by atoms with Crippen LogP contribution in [0.3, 0.4) is 0 Å². The first-order chi connectivity index (χ1) is 14.5. The minimum Gasteiger partial charge on any atom is -0.462 e. The quantitative estimate of drug-likeness (QED) is 0.509. The number of esters is 1. The third-order valence-corrected chi connectivity index (χ3v) is 5.52. The summed E-state index contributed by atoms with van der Waals surface area (Å²) in [6, 6.07) is 7.59. The lowest BCUT2D eigenvalue weighted by molar-refractivity contribution is 0.0527. The van der Waals surface area contributed by atoms with Crippen LogP contribution in [0.2, 0.25) is 0 Å². The molecule has 0 aliphatic carbocycles. The monoisotopic (exact) mass is 413 g/mol. The van der Waals surface area contributed by atoms with Crippen molar-refractivity contribution in [1.29, 1.82) is 0 Å². The molecule has 1 saturated heterocycles. The fraction of sp³-hybridized carbons (Fsp3) is 0.500. The van der Waals surface area contributed by atoms with Gasteiger partial charge in [-0.25, -0.2) is 9.48 Å². The number of rotatable bonds is 8. The van der Waals surface area contributed by atoms with Crippen molar-refractivity contribution >= 4 is 17.7 Å². The Morgan fingerprint density at radius 2 is 2.03 bits per heavy atom. The summed E-state index contributed by atoms with van der Waals surface area (Å²) in [5.74, 6) is -0.400. The molecule has 0 radical (unpaired) electrons. The van der Waals surface area contributed by atoms with Gasteiger partial charge in [0.1, 0.15) is 11.4 Å². The van der Waals surface area contributed by atoms with E-state index >= 15 is 0 Å². The molecule has 0 spiro atoms. The Balaban J connectivity index is 1.52. The predicted octanol–water partition coefficient (Wildman–Crippen LogP) is 2.63. The first-order valence-corrected chi connectivity index (χ1v) is 10.6. The molecular formula is C22H31N5O3. The van der Waals surface area contributed by atoms with E-state index in [0.29, 0.717) is 23.8 Å². The number of nitrogens with one attached hydrogen (secondary N) is 1. The molecule has 1 aromatic carbocycles. The van der Waals surface area contributed by atoms with Gasteiger partial charge in [-0.3, -0.25) is 4.79 Å². The van der Waals surface area contributed by atoms with Crippen molar-refractivity contribution in [2.75, 3.05) is 32.0 Å². The van der Waals surface area contributed by atoms with Gasteiger partial charge in [-0.2, -0.15) is 5.10 Å². The highest BCUT2D eigenvalue weighted by atomic mass is 16.5. The Hall–Kier alpha value is -2.87. The molecule has 162 valence electrons. The van der Waals surface area contributed by atoms with Crippen molar-refractivity contribution in [2.45, 2.75) is 45.6 Å². The Bertz CT molecular complexity index is 862. The summed E-state index contributed by atoms with van der Waals surface area (Å²) in [5, 5.41) is 7.14. The van der Waals surface area contributed by atoms with Crippen LogP contribution < -0.4 is 11.1 Å². The van der Waals surface area contributed by atoms with Crippen molar-refractivity contribution in [1.82, 2.24) is 20.0 Å². The molecule has 1 fully saturated rings. The van der Waals surface area contributed by atoms with E-state index in [1.807, 2.05) is 0 Å². The Kier molecular flexibility index (Phi) is 7.46. The lowest BCUT2D eigenvalue weighted by Gasteiger charge is -2.33. The third kappa shape index (κ3) is 5.18. The number of aromatic nitrogens is 2. The van der Waals surface area contributed by atoms with E-state index in [-0.39, 0.29) is 23.9 Å². The van der Waals surface area contributed by atoms with Gasteiger partial charge in [0.25, 0.3) is 5.91 Å². The molecule has 1 aliphatic rings. The SMILES string of the molecule is CCOC(=O)c1cnn(-c2ccc(C(=O)NCCCN3CCCC[C@H]3C)cc2)c1N. The van der Waals surface area contributed by atoms with Crippen molar-refractivity contribution < 1.29 is 14.3 Å². The number of ether oxygens (including phenoxy) is 1. The average molecular weight is 414 g/mol. The maximum atomic E-state index is 12.4. The zero-order valence-corrected chi connectivity index (χ0v) is 17.8. The number of nitrogen functional groups attached to an aromatic ring is 1. The summed E-state index contributed by atoms with van der Waals surface area (Å²) in [6.45, 7) is 7.10. The van der Waals surface area contributed by atoms with Crippen LogP contribution in [0, 0.1) is 0 Å². The molecular weight excluding hydrogens is 382 g/mol. The van der Waals surface area contributed by atoms with Gasteiger partial charge in [0.05, 0.1) is 18.5 Å². The van der Waals surface area contributed by atoms with Gasteiger partial charge in [-0.05, 0) is 63.9 Å². The van der Waals surface area contributed by atoms with Crippen molar-refractivity contribution in [2.24, 2.45) is 0 Å². The van der Waals surface area contributed by atoms with Crippen LogP contribution in [0.4, 0.5) is 5.82 Å². The molecule has 8 nitrogen and oxygen atoms in total. The molecule has 0 saturated carbocycles. The molecule has 3 N–H and O–H groups in total. The van der Waals surface area contributed by atoms with Crippen LogP contribution in [0.25, 0.3) is 5.69 Å². The highest BCUT2D eigenvalue weighted by Crippen LogP contribution is 2.19. The van der Waals surface area contributed by atoms with Gasteiger partial charge in [-0.15, -0.1) is 0 Å². The molecule has 3 rings (SSSR count). The highest BCUT2D eigenvalue weighted by Gasteiger charge is 2.18. The van der Waals surface area contributed by atoms with E-state index < -0.39 is 5.97 Å². The Labute approximate surface area is 177 Å². The van der Waals surface area contributed by atoms with E-state index in [9.17, 15) is 9.59 Å². The van der Waals surface area contributed by atoms with E-state index in [0.717, 1.165) is 19.5 Å². The van der Waals surface area contributed by atoms with Crippen molar-refractivity contribution in [3.63, 3.8) is 0 Å². The summed E-state index contributed by atoms with van der Waals surface area (Å²) >= 11 is 0. The maximum absolute atomic E-state index is 12.4. The number of likely N-dealkylation sites (tertiary alicyclic amines) is 1. The van der Waals surface area contributed by atoms with Crippen LogP contribution >= 0.6 is 0 Å². The third-order valence-electron chi connectivity index (χ3n) is 5.52. The average Bonchev–Trinajstić information content (AvgIpc) is 3.14. The number of anilines is 1. The number of piperidine rings is 1. The molecule has 0 unspecified atom stereocenters. The number of carbonyl (C=O) groups is 2. The molecule has 1 aliphatic heterocycles. The lowest BCUT2D eigenvalue weighted by Crippen LogP contribution is -2.39. The van der Waals surface area contributed by atoms with Gasteiger partial charge in [0.15, 0.2) is 0 Å². The van der Waals surface area contributed by atoms with Crippen LogP contribution in [0.1, 0.15) is 60.2 Å². The zero-order chi connectivity index (χ0) is 21.5. The summed E-state index contributed by atoms with van der Waals surface area (Å²) in [5.41, 5.74) is 7.49. The molecule has 2 aromatic rings. The molecule has 2 heterocycles. The minimum absolute atomic E-state index is 0.103. The second-order valence-corrected chi connectivity index (χ2v) is 7.61. The number of amides is 1. The topological polar surface area (TPSA) is 102 Å². The molecule has 30 heavy (non-hydrogen) atoms. The van der Waals surface area contributed by atoms with Gasteiger partial charge in [0.2, 0.25) is 0 Å². The lowest BCUT2D eigenvalue weighted by atomic mass is 10.0. The second-order valence-electron chi connectivity index (χ2n) is 7.61. The number of hydrogen-bond acceptors (Lipinski definition) is 6. The van der Waals surface area contributed by atoms with E-state index in [4.69, 9.17) is 10.5 Å². The molecule has 1 aromatic heterocycles. The predicted molar refractivity (Wildman–Crippen MR) is 116 cm³/mol. The summed E-state index contributed by atoms with van der Waals surface area (Å²) in [6.07, 6.45) is 6.18. The molecule has 0 bridgehead atoms. The maximum Gasteiger partial charge on any atom is 0.343 e. The molecule has 1 amide bonds. The van der Waals surface area contributed by atoms with Crippen LogP contribution in [-0.4, -0.2) is 58.8 Å². The Morgan fingerprint density at radius 3 is 2.73 bits per heavy atom.